The first-order valence-corrected chi connectivity index (χ1v) is 10.9. The summed E-state index contributed by atoms with van der Waals surface area (Å²) in [5, 5.41) is 12.6. The van der Waals surface area contributed by atoms with E-state index in [1.807, 2.05) is 0 Å². The van der Waals surface area contributed by atoms with Gasteiger partial charge in [0.15, 0.2) is 11.0 Å². The zero-order valence-electron chi connectivity index (χ0n) is 16.2. The van der Waals surface area contributed by atoms with Crippen LogP contribution in [0.5, 0.6) is 0 Å². The number of thioether (sulfide) groups is 1. The third-order valence-corrected chi connectivity index (χ3v) is 5.68. The number of carbonyl (C=O) groups is 2. The van der Waals surface area contributed by atoms with Crippen molar-refractivity contribution in [2.24, 2.45) is 0 Å². The second-order valence-electron chi connectivity index (χ2n) is 6.04. The maximum atomic E-state index is 13.2. The minimum Gasteiger partial charge on any atom is -0.465 e. The first-order valence-electron chi connectivity index (χ1n) is 9.01. The highest BCUT2D eigenvalue weighted by atomic mass is 32.2. The molecule has 0 radical (unpaired) electrons. The van der Waals surface area contributed by atoms with Crippen LogP contribution in [0.25, 0.3) is 5.69 Å². The zero-order valence-corrected chi connectivity index (χ0v) is 17.8. The molecule has 1 aromatic carbocycles. The lowest BCUT2D eigenvalue weighted by atomic mass is 10.2. The van der Waals surface area contributed by atoms with Crippen molar-refractivity contribution in [3.8, 4) is 5.69 Å². The molecule has 2 aromatic heterocycles. The predicted molar refractivity (Wildman–Crippen MR) is 109 cm³/mol. The SMILES string of the molecule is CCOC(=O)CSc1nnc(CNC(=O)c2cccs2)n1-c1cccc(C(F)(F)F)c1. The molecule has 0 aliphatic carbocycles. The molecule has 12 heteroatoms. The second-order valence-corrected chi connectivity index (χ2v) is 7.93. The third kappa shape index (κ3) is 5.85. The lowest BCUT2D eigenvalue weighted by molar-refractivity contribution is -0.140. The summed E-state index contributed by atoms with van der Waals surface area (Å²) in [6.45, 7) is 1.81. The monoisotopic (exact) mass is 470 g/mol. The Morgan fingerprint density at radius 2 is 2.03 bits per heavy atom. The van der Waals surface area contributed by atoms with E-state index in [2.05, 4.69) is 15.5 Å². The summed E-state index contributed by atoms with van der Waals surface area (Å²) in [5.41, 5.74) is -0.680. The number of ether oxygens (including phenoxy) is 1. The van der Waals surface area contributed by atoms with Crippen LogP contribution in [0.15, 0.2) is 46.9 Å². The van der Waals surface area contributed by atoms with Crippen LogP contribution in [0.1, 0.15) is 28.0 Å². The highest BCUT2D eigenvalue weighted by Gasteiger charge is 2.31. The molecule has 0 fully saturated rings. The first-order chi connectivity index (χ1) is 14.8. The van der Waals surface area contributed by atoms with E-state index < -0.39 is 17.7 Å². The topological polar surface area (TPSA) is 86.1 Å². The lowest BCUT2D eigenvalue weighted by Crippen LogP contribution is -2.24. The Kier molecular flexibility index (Phi) is 7.33. The molecule has 2 heterocycles. The molecule has 0 aliphatic heterocycles. The van der Waals surface area contributed by atoms with Crippen molar-refractivity contribution < 1.29 is 27.5 Å². The average Bonchev–Trinajstić information content (AvgIpc) is 3.40. The summed E-state index contributed by atoms with van der Waals surface area (Å²) < 4.78 is 45.9. The molecule has 3 aromatic rings. The second kappa shape index (κ2) is 9.96. The third-order valence-electron chi connectivity index (χ3n) is 3.91. The maximum absolute atomic E-state index is 13.2. The average molecular weight is 470 g/mol. The van der Waals surface area contributed by atoms with Crippen LogP contribution in [-0.4, -0.2) is 39.0 Å². The quantitative estimate of drug-likeness (QED) is 0.397. The number of aromatic nitrogens is 3. The van der Waals surface area contributed by atoms with Gasteiger partial charge in [0.1, 0.15) is 0 Å². The highest BCUT2D eigenvalue weighted by Crippen LogP contribution is 2.31. The van der Waals surface area contributed by atoms with Gasteiger partial charge >= 0.3 is 12.1 Å². The number of carbonyl (C=O) groups excluding carboxylic acids is 2. The Labute approximate surface area is 183 Å². The minimum absolute atomic E-state index is 0.0695. The van der Waals surface area contributed by atoms with Gasteiger partial charge in [0.2, 0.25) is 0 Å². The van der Waals surface area contributed by atoms with E-state index >= 15 is 0 Å². The van der Waals surface area contributed by atoms with E-state index in [1.54, 1.807) is 24.4 Å². The number of halogens is 3. The Bertz CT molecular complexity index is 1050. The van der Waals surface area contributed by atoms with Crippen molar-refractivity contribution >= 4 is 35.0 Å². The van der Waals surface area contributed by atoms with Crippen molar-refractivity contribution in [1.82, 2.24) is 20.1 Å². The van der Waals surface area contributed by atoms with Crippen molar-refractivity contribution in [2.45, 2.75) is 24.8 Å². The predicted octanol–water partition coefficient (Wildman–Crippen LogP) is 3.93. The summed E-state index contributed by atoms with van der Waals surface area (Å²) in [5.74, 6) is -0.699. The van der Waals surface area contributed by atoms with Gasteiger partial charge in [-0.25, -0.2) is 0 Å². The summed E-state index contributed by atoms with van der Waals surface area (Å²) in [4.78, 5) is 24.4. The van der Waals surface area contributed by atoms with Crippen LogP contribution in [0, 0.1) is 0 Å². The molecule has 0 unspecified atom stereocenters. The fourth-order valence-corrected chi connectivity index (χ4v) is 3.98. The Hall–Kier alpha value is -2.86. The fourth-order valence-electron chi connectivity index (χ4n) is 2.57. The van der Waals surface area contributed by atoms with E-state index in [-0.39, 0.29) is 41.5 Å². The van der Waals surface area contributed by atoms with E-state index in [0.29, 0.717) is 4.88 Å². The number of nitrogens with zero attached hydrogens (tertiary/aromatic N) is 3. The summed E-state index contributed by atoms with van der Waals surface area (Å²) >= 11 is 2.24. The number of benzene rings is 1. The van der Waals surface area contributed by atoms with E-state index in [4.69, 9.17) is 4.74 Å². The molecule has 0 atom stereocenters. The molecule has 0 spiro atoms. The van der Waals surface area contributed by atoms with Crippen LogP contribution >= 0.6 is 23.1 Å². The van der Waals surface area contributed by atoms with Gasteiger partial charge in [-0.3, -0.25) is 14.2 Å². The van der Waals surface area contributed by atoms with Gasteiger partial charge in [0.05, 0.1) is 35.0 Å². The maximum Gasteiger partial charge on any atom is 0.416 e. The molecule has 1 amide bonds. The van der Waals surface area contributed by atoms with Gasteiger partial charge in [0.25, 0.3) is 5.91 Å². The normalized spacial score (nSPS) is 11.4. The Morgan fingerprint density at radius 1 is 1.23 bits per heavy atom. The van der Waals surface area contributed by atoms with Gasteiger partial charge in [-0.1, -0.05) is 23.9 Å². The number of hydrogen-bond acceptors (Lipinski definition) is 7. The first kappa shape index (κ1) is 22.8. The molecule has 0 saturated carbocycles. The molecule has 31 heavy (non-hydrogen) atoms. The summed E-state index contributed by atoms with van der Waals surface area (Å²) in [6.07, 6.45) is -4.53. The summed E-state index contributed by atoms with van der Waals surface area (Å²) in [7, 11) is 0. The van der Waals surface area contributed by atoms with Crippen LogP contribution in [0.2, 0.25) is 0 Å². The van der Waals surface area contributed by atoms with Crippen LogP contribution < -0.4 is 5.32 Å². The largest absolute Gasteiger partial charge is 0.465 e. The molecule has 3 rings (SSSR count). The number of esters is 1. The van der Waals surface area contributed by atoms with E-state index in [9.17, 15) is 22.8 Å². The Balaban J connectivity index is 1.90. The lowest BCUT2D eigenvalue weighted by Gasteiger charge is -2.13. The highest BCUT2D eigenvalue weighted by molar-refractivity contribution is 7.99. The number of nitrogens with one attached hydrogen (secondary N) is 1. The molecule has 164 valence electrons. The number of hydrogen-bond donors (Lipinski definition) is 1. The Morgan fingerprint density at radius 3 is 2.71 bits per heavy atom. The summed E-state index contributed by atoms with van der Waals surface area (Å²) in [6, 6.07) is 8.04. The molecule has 0 saturated heterocycles. The molecular weight excluding hydrogens is 453 g/mol. The van der Waals surface area contributed by atoms with Crippen molar-refractivity contribution in [2.75, 3.05) is 12.4 Å². The van der Waals surface area contributed by atoms with Crippen molar-refractivity contribution in [1.29, 1.82) is 0 Å². The van der Waals surface area contributed by atoms with Gasteiger partial charge < -0.3 is 10.1 Å². The van der Waals surface area contributed by atoms with Crippen LogP contribution in [0.4, 0.5) is 13.2 Å². The standard InChI is InChI=1S/C19H17F3N4O3S2/c1-2-29-16(27)11-31-18-25-24-15(10-23-17(28)14-7-4-8-30-14)26(18)13-6-3-5-12(9-13)19(20,21)22/h3-9H,2,10-11H2,1H3,(H,23,28). The zero-order chi connectivity index (χ0) is 22.4. The van der Waals surface area contributed by atoms with Crippen LogP contribution in [-0.2, 0) is 22.3 Å². The van der Waals surface area contributed by atoms with Crippen molar-refractivity contribution in [3.05, 3.63) is 58.0 Å². The number of rotatable bonds is 8. The number of amides is 1. The minimum atomic E-state index is -4.53. The van der Waals surface area contributed by atoms with E-state index in [1.165, 1.54) is 28.0 Å². The number of alkyl halides is 3. The number of thiophene rings is 1. The molecule has 1 N–H and O–H groups in total. The van der Waals surface area contributed by atoms with Crippen molar-refractivity contribution in [3.63, 3.8) is 0 Å². The van der Waals surface area contributed by atoms with Gasteiger partial charge in [-0.2, -0.15) is 13.2 Å². The van der Waals surface area contributed by atoms with Crippen LogP contribution in [0.3, 0.4) is 0 Å². The van der Waals surface area contributed by atoms with Gasteiger partial charge in [0, 0.05) is 0 Å². The van der Waals surface area contributed by atoms with E-state index in [0.717, 1.165) is 23.9 Å². The smallest absolute Gasteiger partial charge is 0.416 e. The molecular formula is C19H17F3N4O3S2. The van der Waals surface area contributed by atoms with Gasteiger partial charge in [-0.15, -0.1) is 21.5 Å². The molecule has 7 nitrogen and oxygen atoms in total. The molecule has 0 bridgehead atoms. The van der Waals surface area contributed by atoms with Gasteiger partial charge in [-0.05, 0) is 36.6 Å². The molecule has 0 aliphatic rings. The fraction of sp³-hybridized carbons (Fsp3) is 0.263.